The van der Waals surface area contributed by atoms with Gasteiger partial charge in [0.05, 0.1) is 0 Å². The summed E-state index contributed by atoms with van der Waals surface area (Å²) >= 11 is 0. The minimum Gasteiger partial charge on any atom is -0.324 e. The fourth-order valence-electron chi connectivity index (χ4n) is 5.59. The van der Waals surface area contributed by atoms with E-state index in [2.05, 4.69) is 9.97 Å². The molecule has 0 saturated heterocycles. The van der Waals surface area contributed by atoms with Crippen LogP contribution in [0, 0.1) is 39.9 Å². The number of nitrogens with zero attached hydrogens (tertiary/aromatic N) is 6. The van der Waals surface area contributed by atoms with E-state index in [1.807, 2.05) is 97.1 Å². The van der Waals surface area contributed by atoms with Crippen LogP contribution >= 0.6 is 0 Å². The summed E-state index contributed by atoms with van der Waals surface area (Å²) in [7, 11) is 0. The van der Waals surface area contributed by atoms with Gasteiger partial charge in [0.1, 0.15) is 22.6 Å². The molecule has 0 radical (unpaired) electrons. The number of rotatable bonds is 0. The van der Waals surface area contributed by atoms with Gasteiger partial charge in [0.2, 0.25) is 0 Å². The predicted molar refractivity (Wildman–Crippen MR) is 156 cm³/mol. The Balaban J connectivity index is 0.00000256. The molecule has 2 aliphatic rings. The van der Waals surface area contributed by atoms with Crippen LogP contribution in [0.5, 0.6) is 0 Å². The molecule has 0 spiro atoms. The van der Waals surface area contributed by atoms with Gasteiger partial charge in [-0.15, -0.1) is 0 Å². The predicted octanol–water partition coefficient (Wildman–Crippen LogP) is 6.87. The summed E-state index contributed by atoms with van der Waals surface area (Å²) in [6, 6.07) is 32.2. The summed E-state index contributed by atoms with van der Waals surface area (Å²) in [5, 5.41) is 3.82. The molecule has 7 aromatic rings. The van der Waals surface area contributed by atoms with E-state index in [1.165, 1.54) is 0 Å². The van der Waals surface area contributed by atoms with Crippen LogP contribution in [-0.2, 0) is 0 Å². The fourth-order valence-corrected chi connectivity index (χ4v) is 5.59. The first-order valence-electron chi connectivity index (χ1n) is 13.0. The molecule has 0 atom stereocenters. The molecule has 194 valence electrons. The number of aromatic nitrogens is 8. The number of hydrogen-bond donors (Lipinski definition) is 2. The van der Waals surface area contributed by atoms with Crippen LogP contribution < -0.4 is 0 Å². The van der Waals surface area contributed by atoms with Gasteiger partial charge in [-0.2, -0.15) is 0 Å². The molecule has 8 bridgehead atoms. The second-order valence-electron chi connectivity index (χ2n) is 9.79. The summed E-state index contributed by atoms with van der Waals surface area (Å²) in [4.78, 5) is 36.8. The average molecular weight is 672 g/mol. The van der Waals surface area contributed by atoms with E-state index >= 15 is 0 Å². The summed E-state index contributed by atoms with van der Waals surface area (Å²) < 4.78 is 0. The quantitative estimate of drug-likeness (QED) is 0.182. The first kappa shape index (κ1) is 24.4. The standard InChI is InChI=1S/C32H18N8.Gd/c1-2-10-18-17(9-1)25-33-26(18)38-28-21-13-5-6-14-22(21)30(35-28)40-32-24-16-8-7-15-23(24)31(36-32)39-29-20-12-4-3-11-19(20)27(34-29)37-25;/h1-16H,(H2,33,34,35,36,37,38,39,40);. The van der Waals surface area contributed by atoms with Crippen LogP contribution in [0.3, 0.4) is 0 Å². The topological polar surface area (TPSA) is 109 Å². The van der Waals surface area contributed by atoms with E-state index in [0.29, 0.717) is 45.9 Å². The van der Waals surface area contributed by atoms with Crippen molar-refractivity contribution < 1.29 is 39.9 Å². The van der Waals surface area contributed by atoms with Gasteiger partial charge in [-0.05, 0) is 0 Å². The fraction of sp³-hybridized carbons (Fsp3) is 0. The third-order valence-electron chi connectivity index (χ3n) is 7.46. The molecule has 9 heteroatoms. The van der Waals surface area contributed by atoms with Crippen LogP contribution in [0.25, 0.3) is 89.7 Å². The maximum atomic E-state index is 5.02. The van der Waals surface area contributed by atoms with Gasteiger partial charge in [0, 0.05) is 83.7 Å². The van der Waals surface area contributed by atoms with E-state index in [1.54, 1.807) is 0 Å². The molecule has 0 saturated carbocycles. The Morgan fingerprint density at radius 3 is 0.829 bits per heavy atom. The minimum absolute atomic E-state index is 0. The molecule has 4 aromatic carbocycles. The van der Waals surface area contributed by atoms with Gasteiger partial charge >= 0.3 is 0 Å². The number of fused-ring (bicyclic) bond motifs is 20. The molecule has 0 fully saturated rings. The molecule has 0 amide bonds. The molecule has 3 aromatic heterocycles. The molecule has 9 rings (SSSR count). The maximum absolute atomic E-state index is 5.02. The second-order valence-corrected chi connectivity index (χ2v) is 9.79. The number of H-pyrrole nitrogens is 2. The van der Waals surface area contributed by atoms with Crippen molar-refractivity contribution in [2.45, 2.75) is 0 Å². The molecular formula is C32H18GdN8. The summed E-state index contributed by atoms with van der Waals surface area (Å²) in [5.41, 5.74) is 6.45. The number of nitrogens with one attached hydrogen (secondary N) is 2. The van der Waals surface area contributed by atoms with Crippen molar-refractivity contribution in [2.24, 2.45) is 0 Å². The van der Waals surface area contributed by atoms with E-state index < -0.39 is 0 Å². The van der Waals surface area contributed by atoms with Gasteiger partial charge < -0.3 is 9.97 Å². The van der Waals surface area contributed by atoms with E-state index in [0.717, 1.165) is 43.8 Å². The van der Waals surface area contributed by atoms with E-state index in [9.17, 15) is 0 Å². The minimum atomic E-state index is 0. The van der Waals surface area contributed by atoms with Gasteiger partial charge in [-0.1, -0.05) is 97.1 Å². The number of benzene rings is 4. The largest absolute Gasteiger partial charge is 0.324 e. The Bertz CT molecular complexity index is 2030. The smallest absolute Gasteiger partial charge is 0.164 e. The van der Waals surface area contributed by atoms with Crippen molar-refractivity contribution in [3.05, 3.63) is 97.1 Å². The Labute approximate surface area is 264 Å². The Morgan fingerprint density at radius 2 is 0.561 bits per heavy atom. The monoisotopic (exact) mass is 672 g/mol. The third-order valence-corrected chi connectivity index (χ3v) is 7.46. The maximum Gasteiger partial charge on any atom is 0.164 e. The molecule has 8 nitrogen and oxygen atoms in total. The van der Waals surface area contributed by atoms with Crippen molar-refractivity contribution in [1.82, 2.24) is 39.9 Å². The summed E-state index contributed by atoms with van der Waals surface area (Å²) in [6.07, 6.45) is 0. The molecule has 5 heterocycles. The summed E-state index contributed by atoms with van der Waals surface area (Å²) in [6.45, 7) is 0. The Hall–Kier alpha value is -4.44. The van der Waals surface area contributed by atoms with Crippen molar-refractivity contribution in [3.63, 3.8) is 0 Å². The van der Waals surface area contributed by atoms with Crippen LogP contribution in [0.2, 0.25) is 0 Å². The van der Waals surface area contributed by atoms with Gasteiger partial charge in [-0.3, -0.25) is 0 Å². The number of hydrogen-bond acceptors (Lipinski definition) is 6. The van der Waals surface area contributed by atoms with E-state index in [4.69, 9.17) is 29.9 Å². The first-order valence-corrected chi connectivity index (χ1v) is 13.0. The SMILES string of the molecule is [Gd].c1ccc2c(c1)-c1nc-2nc2[nH]c(nc3nc(nc4[nH]c(n1)c1ccccc41)-c1ccccc1-3)c1ccccc21. The molecule has 41 heavy (non-hydrogen) atoms. The zero-order chi connectivity index (χ0) is 26.2. The van der Waals surface area contributed by atoms with Gasteiger partial charge in [-0.25, -0.2) is 29.9 Å². The van der Waals surface area contributed by atoms with Crippen molar-refractivity contribution >= 4 is 44.1 Å². The normalized spacial score (nSPS) is 11.7. The zero-order valence-corrected chi connectivity index (χ0v) is 23.5. The van der Waals surface area contributed by atoms with Gasteiger partial charge in [0.25, 0.3) is 0 Å². The Kier molecular flexibility index (Phi) is 5.53. The molecule has 0 aliphatic carbocycles. The molecule has 2 N–H and O–H groups in total. The van der Waals surface area contributed by atoms with Crippen molar-refractivity contribution in [2.75, 3.05) is 0 Å². The zero-order valence-electron chi connectivity index (χ0n) is 21.3. The average Bonchev–Trinajstić information content (AvgIpc) is 3.73. The molecule has 0 unspecified atom stereocenters. The molecular weight excluding hydrogens is 654 g/mol. The van der Waals surface area contributed by atoms with Crippen LogP contribution in [0.15, 0.2) is 97.1 Å². The van der Waals surface area contributed by atoms with Crippen LogP contribution in [0.4, 0.5) is 0 Å². The van der Waals surface area contributed by atoms with E-state index in [-0.39, 0.29) is 39.9 Å². The van der Waals surface area contributed by atoms with Crippen molar-refractivity contribution in [3.8, 4) is 45.6 Å². The second kappa shape index (κ2) is 9.31. The van der Waals surface area contributed by atoms with Crippen LogP contribution in [-0.4, -0.2) is 39.9 Å². The van der Waals surface area contributed by atoms with Crippen molar-refractivity contribution in [1.29, 1.82) is 0 Å². The molecule has 2 aliphatic heterocycles. The van der Waals surface area contributed by atoms with Crippen LogP contribution in [0.1, 0.15) is 0 Å². The Morgan fingerprint density at radius 1 is 0.317 bits per heavy atom. The third kappa shape index (κ3) is 3.74. The number of aromatic amines is 2. The first-order chi connectivity index (χ1) is 19.8. The summed E-state index contributed by atoms with van der Waals surface area (Å²) in [5.74, 6) is 2.39. The van der Waals surface area contributed by atoms with Gasteiger partial charge in [0.15, 0.2) is 23.3 Å².